The summed E-state index contributed by atoms with van der Waals surface area (Å²) in [5.41, 5.74) is 3.04. The number of anilines is 3. The first kappa shape index (κ1) is 23.9. The number of hydrogen-bond acceptors (Lipinski definition) is 7. The molecule has 9 heteroatoms. The van der Waals surface area contributed by atoms with E-state index in [2.05, 4.69) is 84.6 Å². The Hall–Kier alpha value is -3.82. The van der Waals surface area contributed by atoms with Crippen molar-refractivity contribution in [2.45, 2.75) is 6.04 Å². The molecule has 0 amide bonds. The monoisotopic (exact) mass is 544 g/mol. The highest BCUT2D eigenvalue weighted by Gasteiger charge is 2.32. The van der Waals surface area contributed by atoms with E-state index in [0.717, 1.165) is 17.6 Å². The topological polar surface area (TPSA) is 87.4 Å². The van der Waals surface area contributed by atoms with Crippen LogP contribution in [-0.2, 0) is 0 Å². The summed E-state index contributed by atoms with van der Waals surface area (Å²) in [5.74, 6) is 0.514. The second-order valence-electron chi connectivity index (χ2n) is 8.53. The normalized spacial score (nSPS) is 14.1. The van der Waals surface area contributed by atoms with E-state index >= 15 is 0 Å². The summed E-state index contributed by atoms with van der Waals surface area (Å²) in [4.78, 5) is 24.6. The van der Waals surface area contributed by atoms with Gasteiger partial charge in [-0.05, 0) is 29.3 Å². The third-order valence-electron chi connectivity index (χ3n) is 6.28. The number of hydrogen-bond donors (Lipinski definition) is 1. The van der Waals surface area contributed by atoms with Gasteiger partial charge in [0, 0.05) is 36.3 Å². The van der Waals surface area contributed by atoms with E-state index in [9.17, 15) is 10.1 Å². The number of halogens is 1. The van der Waals surface area contributed by atoms with Crippen molar-refractivity contribution in [3.63, 3.8) is 0 Å². The summed E-state index contributed by atoms with van der Waals surface area (Å²) in [5, 5.41) is 15.2. The average Bonchev–Trinajstić information content (AvgIpc) is 2.90. The van der Waals surface area contributed by atoms with Gasteiger partial charge in [-0.25, -0.2) is 9.97 Å². The summed E-state index contributed by atoms with van der Waals surface area (Å²) < 4.78 is 0.868. The zero-order valence-corrected chi connectivity index (χ0v) is 21.1. The number of piperazine rings is 1. The largest absolute Gasteiger partial charge is 0.353 e. The van der Waals surface area contributed by atoms with Crippen molar-refractivity contribution >= 4 is 38.9 Å². The fraction of sp³-hybridized carbons (Fsp3) is 0.185. The van der Waals surface area contributed by atoms with Gasteiger partial charge in [-0.3, -0.25) is 15.0 Å². The van der Waals surface area contributed by atoms with Crippen LogP contribution < -0.4 is 10.2 Å². The molecule has 1 aromatic heterocycles. The first-order chi connectivity index (χ1) is 17.6. The quantitative estimate of drug-likeness (QED) is 0.232. The van der Waals surface area contributed by atoms with Crippen molar-refractivity contribution in [1.82, 2.24) is 14.9 Å². The van der Waals surface area contributed by atoms with E-state index in [0.29, 0.717) is 24.6 Å². The molecule has 1 aliphatic rings. The van der Waals surface area contributed by atoms with Crippen LogP contribution in [0.2, 0.25) is 0 Å². The molecule has 0 spiro atoms. The smallest absolute Gasteiger partial charge is 0.348 e. The van der Waals surface area contributed by atoms with Gasteiger partial charge < -0.3 is 10.2 Å². The molecule has 4 aromatic rings. The molecule has 1 fully saturated rings. The Morgan fingerprint density at radius 1 is 0.861 bits per heavy atom. The molecule has 8 nitrogen and oxygen atoms in total. The van der Waals surface area contributed by atoms with Crippen molar-refractivity contribution in [3.05, 3.63) is 117 Å². The van der Waals surface area contributed by atoms with Crippen molar-refractivity contribution < 1.29 is 4.92 Å². The zero-order valence-electron chi connectivity index (χ0n) is 19.5. The number of nitro groups is 1. The molecule has 0 unspecified atom stereocenters. The van der Waals surface area contributed by atoms with Gasteiger partial charge in [0.2, 0.25) is 11.6 Å². The van der Waals surface area contributed by atoms with Gasteiger partial charge in [-0.1, -0.05) is 82.7 Å². The number of rotatable bonds is 7. The number of aromatic nitrogens is 2. The Morgan fingerprint density at radius 2 is 1.50 bits per heavy atom. The Bertz CT molecular complexity index is 1290. The van der Waals surface area contributed by atoms with Crippen molar-refractivity contribution in [1.29, 1.82) is 0 Å². The average molecular weight is 545 g/mol. The molecular formula is C27H25BrN6O2. The van der Waals surface area contributed by atoms with Gasteiger partial charge in [0.1, 0.15) is 6.33 Å². The minimum atomic E-state index is -0.404. The van der Waals surface area contributed by atoms with Crippen LogP contribution in [0.15, 0.2) is 95.7 Å². The van der Waals surface area contributed by atoms with E-state index in [-0.39, 0.29) is 17.5 Å². The summed E-state index contributed by atoms with van der Waals surface area (Å²) >= 11 is 3.43. The van der Waals surface area contributed by atoms with Gasteiger partial charge in [0.15, 0.2) is 0 Å². The third kappa shape index (κ3) is 5.22. The summed E-state index contributed by atoms with van der Waals surface area (Å²) in [6.07, 6.45) is 1.38. The molecule has 182 valence electrons. The highest BCUT2D eigenvalue weighted by molar-refractivity contribution is 9.10. The molecular weight excluding hydrogens is 520 g/mol. The predicted molar refractivity (Wildman–Crippen MR) is 145 cm³/mol. The molecule has 0 aliphatic carbocycles. The van der Waals surface area contributed by atoms with Crippen molar-refractivity contribution in [2.24, 2.45) is 0 Å². The molecule has 0 radical (unpaired) electrons. The molecule has 2 heterocycles. The lowest BCUT2D eigenvalue weighted by atomic mass is 9.96. The number of nitrogens with one attached hydrogen (secondary N) is 1. The summed E-state index contributed by atoms with van der Waals surface area (Å²) in [6.45, 7) is 2.71. The maximum absolute atomic E-state index is 12.1. The van der Waals surface area contributed by atoms with Gasteiger partial charge in [-0.15, -0.1) is 0 Å². The minimum absolute atomic E-state index is 0.115. The second kappa shape index (κ2) is 10.8. The minimum Gasteiger partial charge on any atom is -0.348 e. The van der Waals surface area contributed by atoms with Crippen LogP contribution >= 0.6 is 15.9 Å². The molecule has 0 bridgehead atoms. The number of nitrogens with zero attached hydrogens (tertiary/aromatic N) is 5. The molecule has 5 rings (SSSR count). The predicted octanol–water partition coefficient (Wildman–Crippen LogP) is 5.80. The molecule has 36 heavy (non-hydrogen) atoms. The van der Waals surface area contributed by atoms with E-state index in [1.807, 2.05) is 41.3 Å². The van der Waals surface area contributed by atoms with Crippen LogP contribution in [-0.4, -0.2) is 46.0 Å². The van der Waals surface area contributed by atoms with E-state index in [1.54, 1.807) is 0 Å². The second-order valence-corrected chi connectivity index (χ2v) is 9.45. The van der Waals surface area contributed by atoms with Crippen LogP contribution in [0.5, 0.6) is 0 Å². The number of benzene rings is 3. The maximum Gasteiger partial charge on any atom is 0.353 e. The first-order valence-corrected chi connectivity index (χ1v) is 12.5. The van der Waals surface area contributed by atoms with E-state index < -0.39 is 4.92 Å². The standard InChI is InChI=1S/C27H25BrN6O2/c28-22-12-7-13-23(18-22)31-26-25(34(35)36)27(30-19-29-26)33-16-14-32(15-17-33)24(20-8-3-1-4-9-20)21-10-5-2-6-11-21/h1-13,18-19,24H,14-17H2,(H,29,30,31). The highest BCUT2D eigenvalue weighted by atomic mass is 79.9. The fourth-order valence-corrected chi connectivity index (χ4v) is 5.04. The molecule has 1 saturated heterocycles. The molecule has 1 N–H and O–H groups in total. The van der Waals surface area contributed by atoms with Crippen LogP contribution in [0.25, 0.3) is 0 Å². The van der Waals surface area contributed by atoms with E-state index in [4.69, 9.17) is 0 Å². The Morgan fingerprint density at radius 3 is 2.08 bits per heavy atom. The van der Waals surface area contributed by atoms with Crippen LogP contribution in [0.3, 0.4) is 0 Å². The van der Waals surface area contributed by atoms with Gasteiger partial charge in [-0.2, -0.15) is 0 Å². The SMILES string of the molecule is O=[N+]([O-])c1c(Nc2cccc(Br)c2)ncnc1N1CCN(C(c2ccccc2)c2ccccc2)CC1. The summed E-state index contributed by atoms with van der Waals surface area (Å²) in [7, 11) is 0. The molecule has 1 aliphatic heterocycles. The lowest BCUT2D eigenvalue weighted by molar-refractivity contribution is -0.383. The lowest BCUT2D eigenvalue weighted by Crippen LogP contribution is -2.48. The molecule has 0 saturated carbocycles. The Labute approximate surface area is 217 Å². The van der Waals surface area contributed by atoms with Crippen molar-refractivity contribution in [3.8, 4) is 0 Å². The lowest BCUT2D eigenvalue weighted by Gasteiger charge is -2.40. The van der Waals surface area contributed by atoms with Crippen molar-refractivity contribution in [2.75, 3.05) is 36.4 Å². The van der Waals surface area contributed by atoms with E-state index in [1.165, 1.54) is 17.5 Å². The summed E-state index contributed by atoms with van der Waals surface area (Å²) in [6, 6.07) is 28.4. The van der Waals surface area contributed by atoms with Gasteiger partial charge in [0.05, 0.1) is 11.0 Å². The first-order valence-electron chi connectivity index (χ1n) is 11.7. The van der Waals surface area contributed by atoms with Crippen LogP contribution in [0.4, 0.5) is 23.0 Å². The molecule has 3 aromatic carbocycles. The van der Waals surface area contributed by atoms with Crippen LogP contribution in [0.1, 0.15) is 17.2 Å². The van der Waals surface area contributed by atoms with Gasteiger partial charge >= 0.3 is 5.69 Å². The zero-order chi connectivity index (χ0) is 24.9. The van der Waals surface area contributed by atoms with Gasteiger partial charge in [0.25, 0.3) is 0 Å². The Balaban J connectivity index is 1.39. The fourth-order valence-electron chi connectivity index (χ4n) is 4.64. The maximum atomic E-state index is 12.1. The molecule has 0 atom stereocenters. The Kier molecular flexibility index (Phi) is 7.20. The third-order valence-corrected chi connectivity index (χ3v) is 6.78. The highest BCUT2D eigenvalue weighted by Crippen LogP contribution is 2.36. The van der Waals surface area contributed by atoms with Crippen LogP contribution in [0, 0.1) is 10.1 Å².